The maximum atomic E-state index is 12.9. The van der Waals surface area contributed by atoms with Crippen LogP contribution in [0.25, 0.3) is 0 Å². The average molecular weight is 299 g/mol. The minimum absolute atomic E-state index is 0. The van der Waals surface area contributed by atoms with E-state index in [1.165, 1.54) is 32.1 Å². The molecule has 4 aliphatic carbocycles. The fourth-order valence-electron chi connectivity index (χ4n) is 5.67. The Hall–Kier alpha value is -0.280. The second kappa shape index (κ2) is 5.49. The van der Waals surface area contributed by atoms with Gasteiger partial charge in [-0.2, -0.15) is 0 Å². The summed E-state index contributed by atoms with van der Waals surface area (Å²) in [5, 5.41) is 3.44. The Balaban J connectivity index is 0.00000121. The van der Waals surface area contributed by atoms with Gasteiger partial charge in [-0.05, 0) is 62.7 Å². The van der Waals surface area contributed by atoms with Crippen LogP contribution in [0, 0.1) is 29.6 Å². The van der Waals surface area contributed by atoms with Crippen LogP contribution < -0.4 is 5.32 Å². The highest BCUT2D eigenvalue weighted by Crippen LogP contribution is 2.56. The quantitative estimate of drug-likeness (QED) is 0.806. The Kier molecular flexibility index (Phi) is 4.02. The van der Waals surface area contributed by atoms with Crippen molar-refractivity contribution in [3.63, 3.8) is 0 Å². The molecule has 1 heterocycles. The molecule has 0 aromatic carbocycles. The number of hydrogen-bond donors (Lipinski definition) is 1. The summed E-state index contributed by atoms with van der Waals surface area (Å²) in [7, 11) is 0. The van der Waals surface area contributed by atoms with E-state index in [-0.39, 0.29) is 12.4 Å². The summed E-state index contributed by atoms with van der Waals surface area (Å²) in [4.78, 5) is 15.1. The molecular weight excluding hydrogens is 272 g/mol. The molecule has 20 heavy (non-hydrogen) atoms. The molecule has 5 rings (SSSR count). The molecule has 1 saturated heterocycles. The zero-order chi connectivity index (χ0) is 13.0. The van der Waals surface area contributed by atoms with Crippen molar-refractivity contribution in [1.29, 1.82) is 0 Å². The van der Waals surface area contributed by atoms with Crippen LogP contribution in [0.5, 0.6) is 0 Å². The van der Waals surface area contributed by atoms with Gasteiger partial charge in [0.2, 0.25) is 5.91 Å². The molecule has 3 nitrogen and oxygen atoms in total. The summed E-state index contributed by atoms with van der Waals surface area (Å²) in [5.41, 5.74) is 0. The van der Waals surface area contributed by atoms with E-state index in [0.717, 1.165) is 43.3 Å². The third-order valence-corrected chi connectivity index (χ3v) is 6.19. The first-order valence-corrected chi connectivity index (χ1v) is 8.23. The lowest BCUT2D eigenvalue weighted by Crippen LogP contribution is -2.57. The van der Waals surface area contributed by atoms with Crippen LogP contribution in [-0.2, 0) is 4.79 Å². The Morgan fingerprint density at radius 2 is 1.65 bits per heavy atom. The van der Waals surface area contributed by atoms with Crippen molar-refractivity contribution in [3.8, 4) is 0 Å². The largest absolute Gasteiger partial charge is 0.340 e. The third-order valence-electron chi connectivity index (χ3n) is 6.19. The highest BCUT2D eigenvalue weighted by atomic mass is 35.5. The molecule has 114 valence electrons. The molecule has 4 heteroatoms. The van der Waals surface area contributed by atoms with Crippen LogP contribution in [0.3, 0.4) is 0 Å². The number of nitrogens with one attached hydrogen (secondary N) is 1. The summed E-state index contributed by atoms with van der Waals surface area (Å²) < 4.78 is 0. The lowest BCUT2D eigenvalue weighted by Gasteiger charge is -2.54. The van der Waals surface area contributed by atoms with Gasteiger partial charge in [0.25, 0.3) is 0 Å². The SMILES string of the molecule is C[C@H]1CN(C(=O)C2C3CC4CC(C3)CC2C4)CCN1.Cl. The molecule has 5 aliphatic rings. The molecule has 0 spiro atoms. The molecule has 1 aliphatic heterocycles. The van der Waals surface area contributed by atoms with E-state index in [0.29, 0.717) is 17.9 Å². The van der Waals surface area contributed by atoms with Gasteiger partial charge >= 0.3 is 0 Å². The van der Waals surface area contributed by atoms with E-state index in [1.807, 2.05) is 0 Å². The standard InChI is InChI=1S/C16H26N2O.ClH/c1-10-9-18(3-2-17-10)16(19)15-13-5-11-4-12(7-13)8-14(15)6-11;/h10-15,17H,2-9H2,1H3;1H/t10-,11?,12?,13?,14?,15?;/m0./s1. The molecule has 5 fully saturated rings. The Morgan fingerprint density at radius 3 is 2.20 bits per heavy atom. The first kappa shape index (κ1) is 14.6. The predicted molar refractivity (Wildman–Crippen MR) is 81.8 cm³/mol. The van der Waals surface area contributed by atoms with E-state index in [1.54, 1.807) is 0 Å². The van der Waals surface area contributed by atoms with E-state index in [9.17, 15) is 4.79 Å². The molecule has 0 unspecified atom stereocenters. The maximum Gasteiger partial charge on any atom is 0.226 e. The molecule has 1 N–H and O–H groups in total. The van der Waals surface area contributed by atoms with Gasteiger partial charge in [-0.15, -0.1) is 12.4 Å². The van der Waals surface area contributed by atoms with Gasteiger partial charge in [0.1, 0.15) is 0 Å². The van der Waals surface area contributed by atoms with Crippen molar-refractivity contribution < 1.29 is 4.79 Å². The van der Waals surface area contributed by atoms with Crippen molar-refractivity contribution in [3.05, 3.63) is 0 Å². The predicted octanol–water partition coefficient (Wildman–Crippen LogP) is 2.30. The maximum absolute atomic E-state index is 12.9. The van der Waals surface area contributed by atoms with Crippen molar-refractivity contribution >= 4 is 18.3 Å². The number of carbonyl (C=O) groups excluding carboxylic acids is 1. The van der Waals surface area contributed by atoms with E-state index in [2.05, 4.69) is 17.1 Å². The third kappa shape index (κ3) is 2.37. The second-order valence-electron chi connectivity index (χ2n) is 7.60. The molecule has 0 aromatic heterocycles. The van der Waals surface area contributed by atoms with Gasteiger partial charge in [0.05, 0.1) is 0 Å². The fraction of sp³-hybridized carbons (Fsp3) is 0.938. The van der Waals surface area contributed by atoms with Gasteiger partial charge in [-0.3, -0.25) is 4.79 Å². The van der Waals surface area contributed by atoms with Crippen LogP contribution in [-0.4, -0.2) is 36.5 Å². The van der Waals surface area contributed by atoms with Crippen molar-refractivity contribution in [2.45, 2.75) is 45.1 Å². The molecule has 4 bridgehead atoms. The first-order chi connectivity index (χ1) is 9.20. The molecule has 0 radical (unpaired) electrons. The summed E-state index contributed by atoms with van der Waals surface area (Å²) in [5.74, 6) is 4.28. The number of halogens is 1. The normalized spacial score (nSPS) is 46.1. The van der Waals surface area contributed by atoms with Crippen LogP contribution in [0.4, 0.5) is 0 Å². The number of amides is 1. The molecule has 1 atom stereocenters. The molecule has 4 saturated carbocycles. The van der Waals surface area contributed by atoms with E-state index >= 15 is 0 Å². The number of nitrogens with zero attached hydrogens (tertiary/aromatic N) is 1. The van der Waals surface area contributed by atoms with E-state index < -0.39 is 0 Å². The topological polar surface area (TPSA) is 32.3 Å². The Labute approximate surface area is 128 Å². The van der Waals surface area contributed by atoms with Crippen molar-refractivity contribution in [1.82, 2.24) is 10.2 Å². The van der Waals surface area contributed by atoms with Crippen LogP contribution in [0.1, 0.15) is 39.0 Å². The lowest BCUT2D eigenvalue weighted by atomic mass is 9.51. The molecule has 1 amide bonds. The van der Waals surface area contributed by atoms with Crippen molar-refractivity contribution in [2.75, 3.05) is 19.6 Å². The highest BCUT2D eigenvalue weighted by Gasteiger charge is 2.51. The second-order valence-corrected chi connectivity index (χ2v) is 7.60. The zero-order valence-electron chi connectivity index (χ0n) is 12.4. The number of piperazine rings is 1. The van der Waals surface area contributed by atoms with Crippen LogP contribution in [0.15, 0.2) is 0 Å². The Bertz CT molecular complexity index is 359. The minimum Gasteiger partial charge on any atom is -0.340 e. The molecular formula is C16H27ClN2O. The zero-order valence-corrected chi connectivity index (χ0v) is 13.2. The van der Waals surface area contributed by atoms with Gasteiger partial charge in [0, 0.05) is 31.6 Å². The van der Waals surface area contributed by atoms with E-state index in [4.69, 9.17) is 0 Å². The summed E-state index contributed by atoms with van der Waals surface area (Å²) in [6.07, 6.45) is 6.88. The fourth-order valence-corrected chi connectivity index (χ4v) is 5.67. The van der Waals surface area contributed by atoms with Gasteiger partial charge in [0.15, 0.2) is 0 Å². The number of hydrogen-bond acceptors (Lipinski definition) is 2. The summed E-state index contributed by atoms with van der Waals surface area (Å²) in [6.45, 7) is 5.00. The lowest BCUT2D eigenvalue weighted by molar-refractivity contribution is -0.150. The number of rotatable bonds is 1. The van der Waals surface area contributed by atoms with Gasteiger partial charge < -0.3 is 10.2 Å². The minimum atomic E-state index is 0. The van der Waals surface area contributed by atoms with Crippen LogP contribution in [0.2, 0.25) is 0 Å². The van der Waals surface area contributed by atoms with Gasteiger partial charge in [-0.1, -0.05) is 0 Å². The van der Waals surface area contributed by atoms with Gasteiger partial charge in [-0.25, -0.2) is 0 Å². The number of carbonyl (C=O) groups is 1. The smallest absolute Gasteiger partial charge is 0.226 e. The summed E-state index contributed by atoms with van der Waals surface area (Å²) in [6, 6.07) is 0.467. The summed E-state index contributed by atoms with van der Waals surface area (Å²) >= 11 is 0. The highest BCUT2D eigenvalue weighted by molar-refractivity contribution is 5.85. The van der Waals surface area contributed by atoms with Crippen molar-refractivity contribution in [2.24, 2.45) is 29.6 Å². The molecule has 0 aromatic rings. The monoisotopic (exact) mass is 298 g/mol. The average Bonchev–Trinajstić information content (AvgIpc) is 2.37. The first-order valence-electron chi connectivity index (χ1n) is 8.23. The Morgan fingerprint density at radius 1 is 1.05 bits per heavy atom. The van der Waals surface area contributed by atoms with Crippen LogP contribution >= 0.6 is 12.4 Å².